The summed E-state index contributed by atoms with van der Waals surface area (Å²) in [5.74, 6) is 0.497. The zero-order chi connectivity index (χ0) is 19.7. The van der Waals surface area contributed by atoms with Crippen LogP contribution >= 0.6 is 0 Å². The number of hydrogen-bond acceptors (Lipinski definition) is 6. The smallest absolute Gasteiger partial charge is 0.491 e. The number of benzene rings is 1. The molecule has 1 aromatic carbocycles. The molecule has 152 valence electrons. The molecule has 2 rings (SSSR count). The largest absolute Gasteiger partial charge is 0.522 e. The molecule has 0 aliphatic carbocycles. The number of alkyl halides is 3. The summed E-state index contributed by atoms with van der Waals surface area (Å²) in [6, 6.07) is 7.23. The fourth-order valence-corrected chi connectivity index (χ4v) is 2.69. The van der Waals surface area contributed by atoms with Gasteiger partial charge in [-0.15, -0.1) is 13.2 Å². The molecule has 1 heterocycles. The predicted octanol–water partition coefficient (Wildman–Crippen LogP) is 2.08. The van der Waals surface area contributed by atoms with E-state index in [1.165, 1.54) is 7.11 Å². The van der Waals surface area contributed by atoms with Crippen molar-refractivity contribution in [2.75, 3.05) is 64.5 Å². The van der Waals surface area contributed by atoms with E-state index in [1.807, 2.05) is 12.1 Å². The molecule has 0 bridgehead atoms. The number of methoxy groups -OCH3 is 1. The van der Waals surface area contributed by atoms with E-state index in [9.17, 15) is 18.0 Å². The second-order valence-corrected chi connectivity index (χ2v) is 5.88. The molecule has 27 heavy (non-hydrogen) atoms. The maximum atomic E-state index is 11.9. The summed E-state index contributed by atoms with van der Waals surface area (Å²) in [5, 5.41) is 2.66. The molecular formula is C17H24F3N3O4. The van der Waals surface area contributed by atoms with Crippen LogP contribution in [-0.2, 0) is 9.47 Å². The number of alkyl carbamates (subject to hydrolysis) is 1. The third kappa shape index (κ3) is 7.92. The number of nitrogens with zero attached hydrogens (tertiary/aromatic N) is 2. The number of halogens is 3. The summed E-state index contributed by atoms with van der Waals surface area (Å²) < 4.78 is 49.1. The Balaban J connectivity index is 1.68. The van der Waals surface area contributed by atoms with E-state index in [0.717, 1.165) is 38.4 Å². The molecule has 0 radical (unpaired) electrons. The van der Waals surface area contributed by atoms with Crippen molar-refractivity contribution in [2.24, 2.45) is 0 Å². The van der Waals surface area contributed by atoms with E-state index in [-0.39, 0.29) is 6.61 Å². The summed E-state index contributed by atoms with van der Waals surface area (Å²) in [7, 11) is 1.33. The number of hydrogen-bond donors (Lipinski definition) is 1. The number of anilines is 1. The van der Waals surface area contributed by atoms with Crippen LogP contribution in [0.2, 0.25) is 0 Å². The van der Waals surface area contributed by atoms with E-state index in [2.05, 4.69) is 24.6 Å². The molecule has 1 saturated heterocycles. The average molecular weight is 391 g/mol. The number of carbonyl (C=O) groups excluding carboxylic acids is 1. The first-order valence-corrected chi connectivity index (χ1v) is 8.60. The van der Waals surface area contributed by atoms with Crippen molar-refractivity contribution in [1.29, 1.82) is 0 Å². The second kappa shape index (κ2) is 10.2. The molecular weight excluding hydrogens is 367 g/mol. The molecule has 0 saturated carbocycles. The number of rotatable bonds is 8. The maximum absolute atomic E-state index is 11.9. The summed E-state index contributed by atoms with van der Waals surface area (Å²) in [6.07, 6.45) is -5.06. The van der Waals surface area contributed by atoms with Gasteiger partial charge in [-0.05, 0) is 24.3 Å². The van der Waals surface area contributed by atoms with E-state index in [0.29, 0.717) is 12.3 Å². The first-order valence-electron chi connectivity index (χ1n) is 8.60. The van der Waals surface area contributed by atoms with Crippen LogP contribution in [0.3, 0.4) is 0 Å². The summed E-state index contributed by atoms with van der Waals surface area (Å²) in [6.45, 7) is 4.02. The van der Waals surface area contributed by atoms with E-state index in [4.69, 9.17) is 4.74 Å². The third-order valence-corrected chi connectivity index (χ3v) is 4.07. The fourth-order valence-electron chi connectivity index (χ4n) is 2.69. The standard InChI is InChI=1S/C17H24F3N3O4/c1-25-16(24)21-6-7-22-8-10-23(11-9-22)14-2-4-15(5-3-14)26-12-13-27-17(18,19)20/h2-5H,6-13H2,1H3,(H,21,24). The normalized spacial score (nSPS) is 15.5. The monoisotopic (exact) mass is 391 g/mol. The van der Waals surface area contributed by atoms with Gasteiger partial charge in [-0.25, -0.2) is 4.79 Å². The second-order valence-electron chi connectivity index (χ2n) is 5.88. The average Bonchev–Trinajstić information content (AvgIpc) is 2.65. The van der Waals surface area contributed by atoms with Crippen molar-refractivity contribution >= 4 is 11.8 Å². The highest BCUT2D eigenvalue weighted by atomic mass is 19.4. The van der Waals surface area contributed by atoms with Gasteiger partial charge in [0, 0.05) is 45.0 Å². The highest BCUT2D eigenvalue weighted by Crippen LogP contribution is 2.21. The fraction of sp³-hybridized carbons (Fsp3) is 0.588. The number of ether oxygens (including phenoxy) is 3. The van der Waals surface area contributed by atoms with Crippen LogP contribution in [-0.4, -0.2) is 76.9 Å². The molecule has 7 nitrogen and oxygen atoms in total. The van der Waals surface area contributed by atoms with Gasteiger partial charge in [0.1, 0.15) is 12.4 Å². The molecule has 1 fully saturated rings. The number of carbonyl (C=O) groups is 1. The van der Waals surface area contributed by atoms with Crippen LogP contribution in [0.5, 0.6) is 5.75 Å². The highest BCUT2D eigenvalue weighted by Gasteiger charge is 2.28. The van der Waals surface area contributed by atoms with Crippen LogP contribution in [0.1, 0.15) is 0 Å². The third-order valence-electron chi connectivity index (χ3n) is 4.07. The molecule has 10 heteroatoms. The van der Waals surface area contributed by atoms with Gasteiger partial charge in [-0.3, -0.25) is 9.64 Å². The lowest BCUT2D eigenvalue weighted by Gasteiger charge is -2.36. The SMILES string of the molecule is COC(=O)NCCN1CCN(c2ccc(OCCOC(F)(F)F)cc2)CC1. The first kappa shape index (κ1) is 21.1. The minimum absolute atomic E-state index is 0.170. The molecule has 1 N–H and O–H groups in total. The van der Waals surface area contributed by atoms with Crippen molar-refractivity contribution < 1.29 is 32.2 Å². The Labute approximate surface area is 156 Å². The first-order chi connectivity index (χ1) is 12.9. The Hall–Kier alpha value is -2.20. The zero-order valence-electron chi connectivity index (χ0n) is 15.1. The van der Waals surface area contributed by atoms with Gasteiger partial charge in [0.05, 0.1) is 13.7 Å². The van der Waals surface area contributed by atoms with Crippen molar-refractivity contribution in [3.8, 4) is 5.75 Å². The zero-order valence-corrected chi connectivity index (χ0v) is 15.1. The molecule has 1 aliphatic heterocycles. The van der Waals surface area contributed by atoms with Gasteiger partial charge in [-0.2, -0.15) is 0 Å². The van der Waals surface area contributed by atoms with Crippen molar-refractivity contribution in [3.05, 3.63) is 24.3 Å². The van der Waals surface area contributed by atoms with Gasteiger partial charge in [0.25, 0.3) is 0 Å². The van der Waals surface area contributed by atoms with Gasteiger partial charge in [0.15, 0.2) is 0 Å². The summed E-state index contributed by atoms with van der Waals surface area (Å²) in [5.41, 5.74) is 1.03. The van der Waals surface area contributed by atoms with Gasteiger partial charge in [0.2, 0.25) is 0 Å². The quantitative estimate of drug-likeness (QED) is 0.685. The Kier molecular flexibility index (Phi) is 7.99. The summed E-state index contributed by atoms with van der Waals surface area (Å²) in [4.78, 5) is 15.5. The van der Waals surface area contributed by atoms with E-state index >= 15 is 0 Å². The Morgan fingerprint density at radius 2 is 1.78 bits per heavy atom. The van der Waals surface area contributed by atoms with Crippen molar-refractivity contribution in [3.63, 3.8) is 0 Å². The minimum atomic E-state index is -4.63. The highest BCUT2D eigenvalue weighted by molar-refractivity contribution is 5.66. The lowest BCUT2D eigenvalue weighted by molar-refractivity contribution is -0.325. The lowest BCUT2D eigenvalue weighted by atomic mass is 10.2. The van der Waals surface area contributed by atoms with Gasteiger partial charge in [-0.1, -0.05) is 0 Å². The van der Waals surface area contributed by atoms with Crippen LogP contribution in [0, 0.1) is 0 Å². The molecule has 0 aromatic heterocycles. The topological polar surface area (TPSA) is 63.3 Å². The number of piperazine rings is 1. The lowest BCUT2D eigenvalue weighted by Crippen LogP contribution is -2.48. The van der Waals surface area contributed by atoms with Crippen molar-refractivity contribution in [1.82, 2.24) is 10.2 Å². The summed E-state index contributed by atoms with van der Waals surface area (Å²) >= 11 is 0. The van der Waals surface area contributed by atoms with E-state index < -0.39 is 19.1 Å². The van der Waals surface area contributed by atoms with Crippen LogP contribution in [0.4, 0.5) is 23.7 Å². The molecule has 0 spiro atoms. The number of nitrogens with one attached hydrogen (secondary N) is 1. The Bertz CT molecular complexity index is 576. The van der Waals surface area contributed by atoms with Crippen molar-refractivity contribution in [2.45, 2.75) is 6.36 Å². The minimum Gasteiger partial charge on any atom is -0.491 e. The van der Waals surface area contributed by atoms with Gasteiger partial charge < -0.3 is 19.7 Å². The predicted molar refractivity (Wildman–Crippen MR) is 93.0 cm³/mol. The van der Waals surface area contributed by atoms with Gasteiger partial charge >= 0.3 is 12.5 Å². The van der Waals surface area contributed by atoms with Crippen LogP contribution < -0.4 is 15.0 Å². The number of amides is 1. The molecule has 0 unspecified atom stereocenters. The Morgan fingerprint density at radius 1 is 1.11 bits per heavy atom. The Morgan fingerprint density at radius 3 is 2.37 bits per heavy atom. The molecule has 1 amide bonds. The maximum Gasteiger partial charge on any atom is 0.522 e. The van der Waals surface area contributed by atoms with Crippen LogP contribution in [0.25, 0.3) is 0 Å². The van der Waals surface area contributed by atoms with Crippen LogP contribution in [0.15, 0.2) is 24.3 Å². The molecule has 1 aromatic rings. The van der Waals surface area contributed by atoms with E-state index in [1.54, 1.807) is 12.1 Å². The molecule has 0 atom stereocenters. The molecule has 1 aliphatic rings.